The summed E-state index contributed by atoms with van der Waals surface area (Å²) >= 11 is -3.29. The van der Waals surface area contributed by atoms with E-state index in [1.807, 2.05) is 0 Å². The second-order valence-corrected chi connectivity index (χ2v) is 27.0. The molecule has 0 saturated heterocycles. The number of aliphatic hydroxyl groups is 1. The van der Waals surface area contributed by atoms with E-state index in [-0.39, 0.29) is 6.10 Å². The summed E-state index contributed by atoms with van der Waals surface area (Å²) in [5, 5.41) is 8.06. The van der Waals surface area contributed by atoms with Crippen LogP contribution in [0, 0.1) is 0 Å². The Hall–Kier alpha value is 1.92. The second-order valence-electron chi connectivity index (χ2n) is 1.52. The second kappa shape index (κ2) is 6.62. The molecule has 0 aliphatic carbocycles. The van der Waals surface area contributed by atoms with Gasteiger partial charge in [0, 0.05) is 6.10 Å². The van der Waals surface area contributed by atoms with Crippen molar-refractivity contribution in [1.29, 1.82) is 0 Å². The molecule has 9 heavy (non-hydrogen) atoms. The summed E-state index contributed by atoms with van der Waals surface area (Å²) in [5.41, 5.74) is 0. The molecule has 0 heterocycles. The number of aliphatic hydroxyl groups excluding tert-OH is 1. The van der Waals surface area contributed by atoms with Crippen molar-refractivity contribution >= 4 is 49.6 Å². The van der Waals surface area contributed by atoms with E-state index in [0.717, 1.165) is 0 Å². The fourth-order valence-electron chi connectivity index (χ4n) is 0. The van der Waals surface area contributed by atoms with Crippen molar-refractivity contribution in [2.24, 2.45) is 0 Å². The van der Waals surface area contributed by atoms with Crippen molar-refractivity contribution in [3.63, 3.8) is 0 Å². The molecule has 0 radical (unpaired) electrons. The van der Waals surface area contributed by atoms with Gasteiger partial charge in [-0.3, -0.25) is 0 Å². The molecule has 0 bridgehead atoms. The van der Waals surface area contributed by atoms with E-state index < -0.39 is 13.9 Å². The van der Waals surface area contributed by atoms with Gasteiger partial charge in [-0.2, -0.15) is 0 Å². The van der Waals surface area contributed by atoms with Gasteiger partial charge in [0.15, 0.2) is 0 Å². The molecule has 1 N–H and O–H groups in total. The van der Waals surface area contributed by atoms with E-state index >= 15 is 0 Å². The third-order valence-corrected chi connectivity index (χ3v) is 0. The average Bonchev–Trinajstić information content (AvgIpc) is 1.19. The molecular formula is C3H8Cl4OSn. The summed E-state index contributed by atoms with van der Waals surface area (Å²) in [5.74, 6) is 0. The molecule has 0 atom stereocenters. The standard InChI is InChI=1S/C3H8O.4ClH.Sn/c1-3(2)4;;;;;/h3-4H,1-2H3;4*1H;/q;;;;;+4/p-4. The fourth-order valence-corrected chi connectivity index (χ4v) is 0. The first-order chi connectivity index (χ1) is 3.73. The van der Waals surface area contributed by atoms with Gasteiger partial charge in [0.2, 0.25) is 0 Å². The van der Waals surface area contributed by atoms with Gasteiger partial charge in [-0.1, -0.05) is 0 Å². The number of halogens is 4. The molecule has 0 aromatic rings. The van der Waals surface area contributed by atoms with Crippen LogP contribution in [-0.4, -0.2) is 25.1 Å². The fraction of sp³-hybridized carbons (Fsp3) is 1.00. The molecule has 0 aliphatic rings. The van der Waals surface area contributed by atoms with Crippen molar-refractivity contribution in [2.75, 3.05) is 0 Å². The van der Waals surface area contributed by atoms with Gasteiger partial charge in [0.05, 0.1) is 0 Å². The van der Waals surface area contributed by atoms with E-state index in [9.17, 15) is 0 Å². The van der Waals surface area contributed by atoms with Crippen LogP contribution >= 0.6 is 35.7 Å². The molecule has 0 rings (SSSR count). The minimum absolute atomic E-state index is 0.167. The molecule has 0 fully saturated rings. The zero-order chi connectivity index (χ0) is 8.08. The third-order valence-electron chi connectivity index (χ3n) is 0. The van der Waals surface area contributed by atoms with Gasteiger partial charge in [-0.15, -0.1) is 0 Å². The Morgan fingerprint density at radius 2 is 1.11 bits per heavy atom. The van der Waals surface area contributed by atoms with Gasteiger partial charge >= 0.3 is 49.6 Å². The van der Waals surface area contributed by atoms with Crippen molar-refractivity contribution in [2.45, 2.75) is 20.0 Å². The summed E-state index contributed by atoms with van der Waals surface area (Å²) in [7, 11) is 20.1. The van der Waals surface area contributed by atoms with Crippen LogP contribution in [0.3, 0.4) is 0 Å². The summed E-state index contributed by atoms with van der Waals surface area (Å²) in [6.07, 6.45) is -0.167. The predicted octanol–water partition coefficient (Wildman–Crippen LogP) is 2.76. The molecule has 0 amide bonds. The van der Waals surface area contributed by atoms with E-state index in [2.05, 4.69) is 0 Å². The first-order valence-electron chi connectivity index (χ1n) is 2.17. The Morgan fingerprint density at radius 1 is 1.11 bits per heavy atom. The van der Waals surface area contributed by atoms with Crippen LogP contribution in [0.25, 0.3) is 0 Å². The Morgan fingerprint density at radius 3 is 1.11 bits per heavy atom. The molecular weight excluding hydrogens is 313 g/mol. The summed E-state index contributed by atoms with van der Waals surface area (Å²) in [4.78, 5) is 0. The number of rotatable bonds is 0. The summed E-state index contributed by atoms with van der Waals surface area (Å²) in [6.45, 7) is 3.44. The van der Waals surface area contributed by atoms with Crippen LogP contribution in [-0.2, 0) is 0 Å². The molecule has 1 nitrogen and oxygen atoms in total. The first-order valence-corrected chi connectivity index (χ1v) is 16.6. The topological polar surface area (TPSA) is 20.2 Å². The summed E-state index contributed by atoms with van der Waals surface area (Å²) < 4.78 is 0. The van der Waals surface area contributed by atoms with Crippen LogP contribution in [0.5, 0.6) is 0 Å². The van der Waals surface area contributed by atoms with Crippen LogP contribution in [0.15, 0.2) is 0 Å². The van der Waals surface area contributed by atoms with Crippen LogP contribution < -0.4 is 0 Å². The number of hydrogen-bond acceptors (Lipinski definition) is 1. The van der Waals surface area contributed by atoms with Crippen LogP contribution in [0.4, 0.5) is 0 Å². The maximum absolute atomic E-state index is 8.06. The van der Waals surface area contributed by atoms with E-state index in [1.165, 1.54) is 0 Å². The zero-order valence-corrected chi connectivity index (χ0v) is 10.9. The normalized spacial score (nSPS) is 10.7. The predicted molar refractivity (Wildman–Crippen MR) is 46.5 cm³/mol. The van der Waals surface area contributed by atoms with Gasteiger partial charge in [0.1, 0.15) is 0 Å². The van der Waals surface area contributed by atoms with Gasteiger partial charge in [0.25, 0.3) is 0 Å². The molecule has 0 unspecified atom stereocenters. The molecule has 0 spiro atoms. The molecule has 0 aromatic heterocycles. The van der Waals surface area contributed by atoms with Crippen molar-refractivity contribution in [1.82, 2.24) is 0 Å². The van der Waals surface area contributed by atoms with Gasteiger partial charge in [-0.25, -0.2) is 0 Å². The van der Waals surface area contributed by atoms with Crippen LogP contribution in [0.1, 0.15) is 13.8 Å². The summed E-state index contributed by atoms with van der Waals surface area (Å²) in [6, 6.07) is 0. The Labute approximate surface area is 74.0 Å². The van der Waals surface area contributed by atoms with E-state index in [0.29, 0.717) is 0 Å². The molecule has 6 heteroatoms. The zero-order valence-electron chi connectivity index (χ0n) is 5.04. The van der Waals surface area contributed by atoms with Crippen molar-refractivity contribution in [3.8, 4) is 0 Å². The first kappa shape index (κ1) is 13.5. The van der Waals surface area contributed by atoms with Crippen molar-refractivity contribution in [3.05, 3.63) is 0 Å². The monoisotopic (exact) mass is 320 g/mol. The SMILES string of the molecule is CC(C)O.[Cl][Sn]([Cl])([Cl])[Cl]. The Bertz CT molecular complexity index is 52.6. The van der Waals surface area contributed by atoms with Crippen molar-refractivity contribution < 1.29 is 5.11 Å². The number of hydrogen-bond donors (Lipinski definition) is 1. The molecule has 0 saturated carbocycles. The average molecular weight is 321 g/mol. The maximum atomic E-state index is 8.06. The van der Waals surface area contributed by atoms with E-state index in [1.54, 1.807) is 13.8 Å². The minimum atomic E-state index is -3.29. The Balaban J connectivity index is 0. The third kappa shape index (κ3) is 169. The van der Waals surface area contributed by atoms with E-state index in [4.69, 9.17) is 40.8 Å². The quantitative estimate of drug-likeness (QED) is 0.681. The molecule has 58 valence electrons. The molecule has 0 aromatic carbocycles. The van der Waals surface area contributed by atoms with Crippen LogP contribution in [0.2, 0.25) is 0 Å². The Kier molecular flexibility index (Phi) is 9.93. The van der Waals surface area contributed by atoms with Gasteiger partial charge < -0.3 is 5.11 Å². The van der Waals surface area contributed by atoms with Gasteiger partial charge in [-0.05, 0) is 13.8 Å². The molecule has 0 aliphatic heterocycles.